The molecule has 6 nitrogen and oxygen atoms in total. The molecule has 2 rings (SSSR count). The molecule has 1 aromatic carbocycles. The van der Waals surface area contributed by atoms with E-state index in [-0.39, 0.29) is 30.3 Å². The number of H-pyrrole nitrogens is 1. The zero-order chi connectivity index (χ0) is 16.8. The Morgan fingerprint density at radius 3 is 2.46 bits per heavy atom. The van der Waals surface area contributed by atoms with Crippen LogP contribution >= 0.6 is 0 Å². The normalized spacial score (nSPS) is 10.0. The van der Waals surface area contributed by atoms with Crippen molar-refractivity contribution in [1.29, 1.82) is 0 Å². The first kappa shape index (κ1) is 19.5. The predicted octanol–water partition coefficient (Wildman–Crippen LogP) is -0.632. The second-order valence-corrected chi connectivity index (χ2v) is 5.43. The van der Waals surface area contributed by atoms with Gasteiger partial charge in [0.05, 0.1) is 6.54 Å². The number of aromatic amines is 1. The van der Waals surface area contributed by atoms with Crippen molar-refractivity contribution in [2.45, 2.75) is 26.4 Å². The van der Waals surface area contributed by atoms with Gasteiger partial charge in [0.2, 0.25) is 11.6 Å². The molecule has 0 radical (unpaired) electrons. The van der Waals surface area contributed by atoms with Crippen LogP contribution in [0.15, 0.2) is 36.4 Å². The Kier molecular flexibility index (Phi) is 7.26. The van der Waals surface area contributed by atoms with Crippen LogP contribution in [0.3, 0.4) is 0 Å². The first-order valence-electron chi connectivity index (χ1n) is 7.31. The molecular formula is C16H21ClFN5O. The summed E-state index contributed by atoms with van der Waals surface area (Å²) in [4.78, 5) is 14.6. The Bertz CT molecular complexity index is 679. The van der Waals surface area contributed by atoms with Crippen LogP contribution in [0.2, 0.25) is 0 Å². The SMILES string of the molecule is CC(C)NC(=O)Nc1ccc(NCc2ccc(F)cc2)[nH+]c1N.[Cl-]. The fourth-order valence-corrected chi connectivity index (χ4v) is 1.94. The second kappa shape index (κ2) is 8.93. The summed E-state index contributed by atoms with van der Waals surface area (Å²) in [6.45, 7) is 4.27. The Morgan fingerprint density at radius 2 is 1.88 bits per heavy atom. The van der Waals surface area contributed by atoms with E-state index in [0.717, 1.165) is 5.56 Å². The molecule has 0 aliphatic rings. The molecule has 0 unspecified atom stereocenters. The number of pyridine rings is 1. The molecule has 0 atom stereocenters. The number of hydrogen-bond acceptors (Lipinski definition) is 3. The van der Waals surface area contributed by atoms with Gasteiger partial charge >= 0.3 is 6.03 Å². The molecule has 2 aromatic rings. The van der Waals surface area contributed by atoms with Crippen molar-refractivity contribution >= 4 is 23.4 Å². The summed E-state index contributed by atoms with van der Waals surface area (Å²) < 4.78 is 12.8. The number of amides is 2. The van der Waals surface area contributed by atoms with Gasteiger partial charge in [-0.3, -0.25) is 0 Å². The molecule has 1 heterocycles. The van der Waals surface area contributed by atoms with Crippen molar-refractivity contribution in [1.82, 2.24) is 5.32 Å². The molecule has 0 aliphatic carbocycles. The van der Waals surface area contributed by atoms with Crippen molar-refractivity contribution in [2.24, 2.45) is 0 Å². The van der Waals surface area contributed by atoms with Crippen LogP contribution < -0.4 is 39.1 Å². The average Bonchev–Trinajstić information content (AvgIpc) is 2.48. The molecule has 0 spiro atoms. The molecule has 0 bridgehead atoms. The van der Waals surface area contributed by atoms with E-state index >= 15 is 0 Å². The highest BCUT2D eigenvalue weighted by molar-refractivity contribution is 5.91. The van der Waals surface area contributed by atoms with Crippen LogP contribution in [0.25, 0.3) is 0 Å². The summed E-state index contributed by atoms with van der Waals surface area (Å²) >= 11 is 0. The van der Waals surface area contributed by atoms with Crippen molar-refractivity contribution in [3.8, 4) is 0 Å². The van der Waals surface area contributed by atoms with Gasteiger partial charge in [0.25, 0.3) is 0 Å². The minimum absolute atomic E-state index is 0. The highest BCUT2D eigenvalue weighted by Crippen LogP contribution is 2.15. The zero-order valence-corrected chi connectivity index (χ0v) is 14.2. The smallest absolute Gasteiger partial charge is 0.319 e. The van der Waals surface area contributed by atoms with Crippen LogP contribution in [0.4, 0.5) is 26.5 Å². The van der Waals surface area contributed by atoms with Crippen LogP contribution in [-0.2, 0) is 6.54 Å². The van der Waals surface area contributed by atoms with Crippen molar-refractivity contribution in [3.63, 3.8) is 0 Å². The number of aromatic nitrogens is 1. The first-order chi connectivity index (χ1) is 10.9. The number of rotatable bonds is 5. The van der Waals surface area contributed by atoms with Crippen LogP contribution in [0.1, 0.15) is 19.4 Å². The van der Waals surface area contributed by atoms with Gasteiger partial charge in [-0.15, -0.1) is 0 Å². The summed E-state index contributed by atoms with van der Waals surface area (Å²) in [7, 11) is 0. The van der Waals surface area contributed by atoms with Gasteiger partial charge in [-0.25, -0.2) is 14.2 Å². The molecule has 0 fully saturated rings. The molecule has 0 saturated heterocycles. The topological polar surface area (TPSA) is 93.3 Å². The van der Waals surface area contributed by atoms with E-state index < -0.39 is 0 Å². The standard InChI is InChI=1S/C16H20FN5O.ClH/c1-10(2)20-16(23)21-13-7-8-14(22-15(13)18)19-9-11-3-5-12(17)6-4-11;/h3-8,10H,9H2,1-2H3,(H3,18,19,22)(H2,20,21,23);1H. The summed E-state index contributed by atoms with van der Waals surface area (Å²) in [6, 6.07) is 9.44. The van der Waals surface area contributed by atoms with Gasteiger partial charge in [0, 0.05) is 12.1 Å². The van der Waals surface area contributed by atoms with Gasteiger partial charge in [0.15, 0.2) is 0 Å². The number of nitrogens with two attached hydrogens (primary N) is 1. The number of hydrogen-bond donors (Lipinski definition) is 4. The van der Waals surface area contributed by atoms with E-state index in [1.54, 1.807) is 24.3 Å². The molecule has 24 heavy (non-hydrogen) atoms. The Balaban J connectivity index is 0.00000288. The van der Waals surface area contributed by atoms with Crippen molar-refractivity contribution in [2.75, 3.05) is 16.4 Å². The number of halogens is 2. The van der Waals surface area contributed by atoms with E-state index in [1.165, 1.54) is 12.1 Å². The van der Waals surface area contributed by atoms with Gasteiger partial charge in [-0.2, -0.15) is 0 Å². The lowest BCUT2D eigenvalue weighted by Gasteiger charge is -2.10. The van der Waals surface area contributed by atoms with Gasteiger partial charge in [0.1, 0.15) is 11.5 Å². The number of carbonyl (C=O) groups excluding carboxylic acids is 1. The predicted molar refractivity (Wildman–Crippen MR) is 88.4 cm³/mol. The average molecular weight is 354 g/mol. The molecule has 0 aliphatic heterocycles. The number of urea groups is 1. The fourth-order valence-electron chi connectivity index (χ4n) is 1.94. The third-order valence-electron chi connectivity index (χ3n) is 3.04. The molecule has 0 saturated carbocycles. The van der Waals surface area contributed by atoms with E-state index in [0.29, 0.717) is 23.9 Å². The second-order valence-electron chi connectivity index (χ2n) is 5.43. The summed E-state index contributed by atoms with van der Waals surface area (Å²) in [5.74, 6) is 0.773. The molecule has 6 N–H and O–H groups in total. The van der Waals surface area contributed by atoms with E-state index in [9.17, 15) is 9.18 Å². The molecule has 130 valence electrons. The van der Waals surface area contributed by atoms with Crippen molar-refractivity contribution < 1.29 is 26.6 Å². The fraction of sp³-hybridized carbons (Fsp3) is 0.250. The van der Waals surface area contributed by atoms with E-state index in [4.69, 9.17) is 5.73 Å². The summed E-state index contributed by atoms with van der Waals surface area (Å²) in [5, 5.41) is 8.54. The highest BCUT2D eigenvalue weighted by Gasteiger charge is 2.10. The Morgan fingerprint density at radius 1 is 1.21 bits per heavy atom. The first-order valence-corrected chi connectivity index (χ1v) is 7.31. The third-order valence-corrected chi connectivity index (χ3v) is 3.04. The van der Waals surface area contributed by atoms with E-state index in [2.05, 4.69) is 20.9 Å². The third kappa shape index (κ3) is 5.92. The van der Waals surface area contributed by atoms with Gasteiger partial charge < -0.3 is 34.1 Å². The number of benzene rings is 1. The molecular weight excluding hydrogens is 333 g/mol. The summed E-state index contributed by atoms with van der Waals surface area (Å²) in [5.41, 5.74) is 7.34. The maximum atomic E-state index is 12.8. The minimum atomic E-state index is -0.313. The Labute approximate surface area is 146 Å². The van der Waals surface area contributed by atoms with Crippen molar-refractivity contribution in [3.05, 3.63) is 47.8 Å². The van der Waals surface area contributed by atoms with Crippen LogP contribution in [-0.4, -0.2) is 12.1 Å². The number of nitrogens with one attached hydrogen (secondary N) is 4. The number of carbonyl (C=O) groups is 1. The summed E-state index contributed by atoms with van der Waals surface area (Å²) in [6.07, 6.45) is 0. The van der Waals surface area contributed by atoms with Gasteiger partial charge in [-0.05, 0) is 37.6 Å². The lowest BCUT2D eigenvalue weighted by Crippen LogP contribution is -3.00. The lowest BCUT2D eigenvalue weighted by atomic mass is 10.2. The van der Waals surface area contributed by atoms with Crippen LogP contribution in [0.5, 0.6) is 0 Å². The largest absolute Gasteiger partial charge is 1.00 e. The Hall–Kier alpha value is -2.54. The molecule has 2 amide bonds. The number of anilines is 3. The van der Waals surface area contributed by atoms with Crippen LogP contribution in [0, 0.1) is 5.82 Å². The molecule has 1 aromatic heterocycles. The maximum absolute atomic E-state index is 12.8. The number of nitrogen functional groups attached to an aromatic ring is 1. The minimum Gasteiger partial charge on any atom is -1.00 e. The van der Waals surface area contributed by atoms with Gasteiger partial charge in [-0.1, -0.05) is 12.1 Å². The van der Waals surface area contributed by atoms with E-state index in [1.807, 2.05) is 13.8 Å². The monoisotopic (exact) mass is 353 g/mol. The quantitative estimate of drug-likeness (QED) is 0.576. The molecule has 8 heteroatoms. The lowest BCUT2D eigenvalue weighted by molar-refractivity contribution is -0.342. The zero-order valence-electron chi connectivity index (χ0n) is 13.5. The maximum Gasteiger partial charge on any atom is 0.319 e. The highest BCUT2D eigenvalue weighted by atomic mass is 35.5.